The lowest BCUT2D eigenvalue weighted by atomic mass is 9.52. The normalized spacial score (nSPS) is 37.6. The smallest absolute Gasteiger partial charge is 0.00205 e. The van der Waals surface area contributed by atoms with E-state index < -0.39 is 0 Å². The highest BCUT2D eigenvalue weighted by Crippen LogP contribution is 2.57. The lowest BCUT2D eigenvalue weighted by Crippen LogP contribution is -2.47. The zero-order valence-electron chi connectivity index (χ0n) is 9.91. The molecular formula is C15H21N. The Morgan fingerprint density at radius 3 is 1.94 bits per heavy atom. The Morgan fingerprint density at radius 1 is 0.875 bits per heavy atom. The molecule has 4 rings (SSSR count). The van der Waals surface area contributed by atoms with E-state index in [-0.39, 0.29) is 0 Å². The van der Waals surface area contributed by atoms with Crippen LogP contribution in [0.1, 0.15) is 44.1 Å². The van der Waals surface area contributed by atoms with Gasteiger partial charge in [0.2, 0.25) is 0 Å². The fraction of sp³-hybridized carbons (Fsp3) is 0.600. The number of nitrogens with two attached hydrogens (primary N) is 1. The lowest BCUT2D eigenvalue weighted by Gasteiger charge is -2.53. The van der Waals surface area contributed by atoms with Crippen molar-refractivity contribution in [3.8, 4) is 0 Å². The van der Waals surface area contributed by atoms with Crippen molar-refractivity contribution >= 4 is 0 Å². The van der Waals surface area contributed by atoms with Crippen molar-refractivity contribution in [2.24, 2.45) is 11.1 Å². The molecule has 1 aromatic carbocycles. The summed E-state index contributed by atoms with van der Waals surface area (Å²) in [5, 5.41) is 0. The molecule has 3 aliphatic rings. The van der Waals surface area contributed by atoms with Crippen LogP contribution in [-0.4, -0.2) is 6.54 Å². The molecular weight excluding hydrogens is 194 g/mol. The van der Waals surface area contributed by atoms with Gasteiger partial charge in [0, 0.05) is 0 Å². The first-order valence-electron chi connectivity index (χ1n) is 6.54. The molecule has 1 nitrogen and oxygen atoms in total. The highest BCUT2D eigenvalue weighted by atomic mass is 14.6. The average Bonchev–Trinajstić information content (AvgIpc) is 2.42. The minimum atomic E-state index is 0.498. The van der Waals surface area contributed by atoms with Gasteiger partial charge in [0.05, 0.1) is 0 Å². The second kappa shape index (κ2) is 3.59. The van der Waals surface area contributed by atoms with Crippen molar-refractivity contribution in [3.63, 3.8) is 0 Å². The van der Waals surface area contributed by atoms with Crippen molar-refractivity contribution in [2.75, 3.05) is 6.54 Å². The molecule has 0 unspecified atom stereocenters. The fourth-order valence-electron chi connectivity index (χ4n) is 3.79. The lowest BCUT2D eigenvalue weighted by molar-refractivity contribution is 0.0472. The SMILES string of the molecule is NCC12CCC(c3ccccc3)(CC1)CC2. The Hall–Kier alpha value is -0.820. The number of benzene rings is 1. The van der Waals surface area contributed by atoms with Crippen LogP contribution in [-0.2, 0) is 5.41 Å². The molecule has 0 radical (unpaired) electrons. The Morgan fingerprint density at radius 2 is 1.44 bits per heavy atom. The van der Waals surface area contributed by atoms with Crippen molar-refractivity contribution in [1.29, 1.82) is 0 Å². The summed E-state index contributed by atoms with van der Waals surface area (Å²) in [6.45, 7) is 0.901. The van der Waals surface area contributed by atoms with E-state index in [2.05, 4.69) is 30.3 Å². The molecule has 2 N–H and O–H groups in total. The summed E-state index contributed by atoms with van der Waals surface area (Å²) in [6, 6.07) is 11.1. The second-order valence-electron chi connectivity index (χ2n) is 5.85. The number of hydrogen-bond acceptors (Lipinski definition) is 1. The molecule has 3 saturated carbocycles. The Kier molecular flexibility index (Phi) is 2.32. The van der Waals surface area contributed by atoms with Crippen molar-refractivity contribution in [2.45, 2.75) is 43.9 Å². The Labute approximate surface area is 98.0 Å². The van der Waals surface area contributed by atoms with Crippen LogP contribution >= 0.6 is 0 Å². The van der Waals surface area contributed by atoms with Crippen molar-refractivity contribution in [1.82, 2.24) is 0 Å². The summed E-state index contributed by atoms with van der Waals surface area (Å²) in [4.78, 5) is 0. The third-order valence-corrected chi connectivity index (χ3v) is 5.22. The summed E-state index contributed by atoms with van der Waals surface area (Å²) in [5.74, 6) is 0. The van der Waals surface area contributed by atoms with Gasteiger partial charge in [-0.15, -0.1) is 0 Å². The fourth-order valence-corrected chi connectivity index (χ4v) is 3.79. The van der Waals surface area contributed by atoms with E-state index in [9.17, 15) is 0 Å². The van der Waals surface area contributed by atoms with Crippen LogP contribution in [0.4, 0.5) is 0 Å². The van der Waals surface area contributed by atoms with Gasteiger partial charge in [0.25, 0.3) is 0 Å². The maximum Gasteiger partial charge on any atom is -0.00205 e. The molecule has 3 fully saturated rings. The quantitative estimate of drug-likeness (QED) is 0.805. The summed E-state index contributed by atoms with van der Waals surface area (Å²) in [7, 11) is 0. The second-order valence-corrected chi connectivity index (χ2v) is 5.85. The minimum Gasteiger partial charge on any atom is -0.330 e. The molecule has 1 aromatic rings. The van der Waals surface area contributed by atoms with E-state index in [1.165, 1.54) is 38.5 Å². The van der Waals surface area contributed by atoms with E-state index in [0.717, 1.165) is 6.54 Å². The molecule has 0 aromatic heterocycles. The van der Waals surface area contributed by atoms with E-state index >= 15 is 0 Å². The molecule has 0 aliphatic heterocycles. The van der Waals surface area contributed by atoms with E-state index in [1.54, 1.807) is 5.56 Å². The molecule has 0 atom stereocenters. The highest BCUT2D eigenvalue weighted by Gasteiger charge is 2.48. The predicted molar refractivity (Wildman–Crippen MR) is 67.3 cm³/mol. The third-order valence-electron chi connectivity index (χ3n) is 5.22. The first kappa shape index (κ1) is 10.3. The van der Waals surface area contributed by atoms with Crippen molar-refractivity contribution < 1.29 is 0 Å². The first-order chi connectivity index (χ1) is 7.79. The molecule has 0 spiro atoms. The Bertz CT molecular complexity index is 344. The first-order valence-corrected chi connectivity index (χ1v) is 6.54. The van der Waals surface area contributed by atoms with Crippen LogP contribution in [0.5, 0.6) is 0 Å². The molecule has 0 amide bonds. The average molecular weight is 215 g/mol. The molecule has 86 valence electrons. The predicted octanol–water partition coefficient (Wildman–Crippen LogP) is 3.24. The maximum atomic E-state index is 5.96. The summed E-state index contributed by atoms with van der Waals surface area (Å²) < 4.78 is 0. The molecule has 3 aliphatic carbocycles. The Balaban J connectivity index is 1.89. The molecule has 1 heteroatoms. The number of hydrogen-bond donors (Lipinski definition) is 1. The monoisotopic (exact) mass is 215 g/mol. The van der Waals surface area contributed by atoms with Crippen LogP contribution in [0.15, 0.2) is 30.3 Å². The van der Waals surface area contributed by atoms with E-state index in [4.69, 9.17) is 5.73 Å². The summed E-state index contributed by atoms with van der Waals surface area (Å²) in [6.07, 6.45) is 8.10. The topological polar surface area (TPSA) is 26.0 Å². The third kappa shape index (κ3) is 1.41. The van der Waals surface area contributed by atoms with E-state index in [0.29, 0.717) is 10.8 Å². The zero-order chi connectivity index (χ0) is 11.1. The van der Waals surface area contributed by atoms with Crippen LogP contribution < -0.4 is 5.73 Å². The van der Waals surface area contributed by atoms with Gasteiger partial charge >= 0.3 is 0 Å². The molecule has 0 saturated heterocycles. The van der Waals surface area contributed by atoms with Crippen LogP contribution in [0, 0.1) is 5.41 Å². The van der Waals surface area contributed by atoms with Gasteiger partial charge < -0.3 is 5.73 Å². The van der Waals surface area contributed by atoms with E-state index in [1.807, 2.05) is 0 Å². The van der Waals surface area contributed by atoms with Crippen LogP contribution in [0.2, 0.25) is 0 Å². The molecule has 0 heterocycles. The number of rotatable bonds is 2. The van der Waals surface area contributed by atoms with Gasteiger partial charge in [-0.2, -0.15) is 0 Å². The van der Waals surface area contributed by atoms with Gasteiger partial charge in [-0.25, -0.2) is 0 Å². The van der Waals surface area contributed by atoms with Gasteiger partial charge in [0.15, 0.2) is 0 Å². The van der Waals surface area contributed by atoms with Crippen molar-refractivity contribution in [3.05, 3.63) is 35.9 Å². The molecule has 2 bridgehead atoms. The largest absolute Gasteiger partial charge is 0.330 e. The minimum absolute atomic E-state index is 0.498. The van der Waals surface area contributed by atoms with Gasteiger partial charge in [-0.05, 0) is 61.5 Å². The van der Waals surface area contributed by atoms with Gasteiger partial charge in [-0.1, -0.05) is 30.3 Å². The highest BCUT2D eigenvalue weighted by molar-refractivity contribution is 5.28. The maximum absolute atomic E-state index is 5.96. The standard InChI is InChI=1S/C15H21N/c16-12-14-6-9-15(10-7-14,11-8-14)13-4-2-1-3-5-13/h1-5H,6-12,16H2. The zero-order valence-corrected chi connectivity index (χ0v) is 9.91. The summed E-state index contributed by atoms with van der Waals surface area (Å²) in [5.41, 5.74) is 8.53. The van der Waals surface area contributed by atoms with Gasteiger partial charge in [0.1, 0.15) is 0 Å². The van der Waals surface area contributed by atoms with Crippen LogP contribution in [0.25, 0.3) is 0 Å². The molecule has 16 heavy (non-hydrogen) atoms. The van der Waals surface area contributed by atoms with Gasteiger partial charge in [-0.3, -0.25) is 0 Å². The summed E-state index contributed by atoms with van der Waals surface area (Å²) >= 11 is 0. The number of fused-ring (bicyclic) bond motifs is 3. The van der Waals surface area contributed by atoms with Crippen LogP contribution in [0.3, 0.4) is 0 Å².